The van der Waals surface area contributed by atoms with Gasteiger partial charge in [-0.1, -0.05) is 18.2 Å². The maximum atomic E-state index is 12.2. The SMILES string of the molecule is CCN(CC(=O)O)C(=O)Cc1ccccc1OC(F)F. The number of halogens is 2. The topological polar surface area (TPSA) is 66.8 Å². The average Bonchev–Trinajstić information content (AvgIpc) is 2.37. The van der Waals surface area contributed by atoms with E-state index < -0.39 is 25.0 Å². The summed E-state index contributed by atoms with van der Waals surface area (Å²) in [6.07, 6.45) is -0.190. The summed E-state index contributed by atoms with van der Waals surface area (Å²) < 4.78 is 28.8. The van der Waals surface area contributed by atoms with Crippen LogP contribution in [0.2, 0.25) is 0 Å². The summed E-state index contributed by atoms with van der Waals surface area (Å²) in [4.78, 5) is 23.7. The minimum Gasteiger partial charge on any atom is -0.480 e. The van der Waals surface area contributed by atoms with Crippen LogP contribution in [0.15, 0.2) is 24.3 Å². The highest BCUT2D eigenvalue weighted by atomic mass is 19.3. The van der Waals surface area contributed by atoms with Crippen LogP contribution in [0.3, 0.4) is 0 Å². The molecule has 0 saturated heterocycles. The van der Waals surface area contributed by atoms with Gasteiger partial charge in [0.2, 0.25) is 5.91 Å². The highest BCUT2D eigenvalue weighted by Gasteiger charge is 2.18. The molecular weight excluding hydrogens is 272 g/mol. The first-order valence-corrected chi connectivity index (χ1v) is 5.96. The Morgan fingerprint density at radius 3 is 2.55 bits per heavy atom. The van der Waals surface area contributed by atoms with E-state index in [0.29, 0.717) is 5.56 Å². The maximum absolute atomic E-state index is 12.2. The number of aliphatic carboxylic acids is 1. The van der Waals surface area contributed by atoms with Crippen LogP contribution in [0.25, 0.3) is 0 Å². The molecule has 1 rings (SSSR count). The molecule has 0 aliphatic rings. The Bertz CT molecular complexity index is 479. The van der Waals surface area contributed by atoms with Crippen LogP contribution in [0.1, 0.15) is 12.5 Å². The number of amides is 1. The lowest BCUT2D eigenvalue weighted by Crippen LogP contribution is -2.36. The number of carbonyl (C=O) groups excluding carboxylic acids is 1. The Hall–Kier alpha value is -2.18. The van der Waals surface area contributed by atoms with Crippen molar-refractivity contribution in [3.05, 3.63) is 29.8 Å². The second kappa shape index (κ2) is 7.42. The minimum atomic E-state index is -2.98. The largest absolute Gasteiger partial charge is 0.480 e. The first-order valence-electron chi connectivity index (χ1n) is 5.96. The number of hydrogen-bond donors (Lipinski definition) is 1. The number of benzene rings is 1. The third-order valence-corrected chi connectivity index (χ3v) is 2.59. The molecule has 0 heterocycles. The van der Waals surface area contributed by atoms with Crippen LogP contribution in [-0.2, 0) is 16.0 Å². The molecule has 0 saturated carbocycles. The van der Waals surface area contributed by atoms with Crippen molar-refractivity contribution < 1.29 is 28.2 Å². The monoisotopic (exact) mass is 287 g/mol. The maximum Gasteiger partial charge on any atom is 0.387 e. The van der Waals surface area contributed by atoms with Gasteiger partial charge in [0.15, 0.2) is 0 Å². The molecule has 1 aromatic carbocycles. The summed E-state index contributed by atoms with van der Waals surface area (Å²) in [6.45, 7) is -1.54. The van der Waals surface area contributed by atoms with Crippen molar-refractivity contribution in [2.45, 2.75) is 20.0 Å². The summed E-state index contributed by atoms with van der Waals surface area (Å²) in [5, 5.41) is 8.69. The molecule has 5 nitrogen and oxygen atoms in total. The zero-order valence-corrected chi connectivity index (χ0v) is 10.9. The van der Waals surface area contributed by atoms with Crippen molar-refractivity contribution in [1.82, 2.24) is 4.90 Å². The van der Waals surface area contributed by atoms with Crippen LogP contribution in [0.5, 0.6) is 5.75 Å². The predicted molar refractivity (Wildman–Crippen MR) is 66.7 cm³/mol. The summed E-state index contributed by atoms with van der Waals surface area (Å²) >= 11 is 0. The van der Waals surface area contributed by atoms with Gasteiger partial charge in [0.25, 0.3) is 0 Å². The number of alkyl halides is 2. The van der Waals surface area contributed by atoms with Gasteiger partial charge in [-0.25, -0.2) is 0 Å². The van der Waals surface area contributed by atoms with E-state index in [9.17, 15) is 18.4 Å². The van der Waals surface area contributed by atoms with Gasteiger partial charge in [0.1, 0.15) is 12.3 Å². The highest BCUT2D eigenvalue weighted by Crippen LogP contribution is 2.21. The molecule has 0 aliphatic carbocycles. The van der Waals surface area contributed by atoms with Gasteiger partial charge in [-0.15, -0.1) is 0 Å². The van der Waals surface area contributed by atoms with Crippen molar-refractivity contribution in [2.24, 2.45) is 0 Å². The summed E-state index contributed by atoms with van der Waals surface area (Å²) in [6, 6.07) is 5.93. The Kier molecular flexibility index (Phi) is 5.89. The Labute approximate surface area is 114 Å². The smallest absolute Gasteiger partial charge is 0.387 e. The van der Waals surface area contributed by atoms with Gasteiger partial charge in [-0.3, -0.25) is 9.59 Å². The number of hydrogen-bond acceptors (Lipinski definition) is 3. The summed E-state index contributed by atoms with van der Waals surface area (Å²) in [5.41, 5.74) is 0.293. The fraction of sp³-hybridized carbons (Fsp3) is 0.385. The van der Waals surface area contributed by atoms with Gasteiger partial charge in [0.05, 0.1) is 6.42 Å². The molecule has 110 valence electrons. The number of nitrogens with zero attached hydrogens (tertiary/aromatic N) is 1. The van der Waals surface area contributed by atoms with E-state index in [1.54, 1.807) is 13.0 Å². The third-order valence-electron chi connectivity index (χ3n) is 2.59. The average molecular weight is 287 g/mol. The number of likely N-dealkylation sites (N-methyl/N-ethyl adjacent to an activating group) is 1. The molecule has 0 aromatic heterocycles. The van der Waals surface area contributed by atoms with Crippen molar-refractivity contribution in [3.8, 4) is 5.75 Å². The fourth-order valence-electron chi connectivity index (χ4n) is 1.68. The van der Waals surface area contributed by atoms with Crippen molar-refractivity contribution >= 4 is 11.9 Å². The van der Waals surface area contributed by atoms with Gasteiger partial charge in [0, 0.05) is 12.1 Å². The quantitative estimate of drug-likeness (QED) is 0.830. The number of carbonyl (C=O) groups is 2. The second-order valence-electron chi connectivity index (χ2n) is 3.96. The lowest BCUT2D eigenvalue weighted by molar-refractivity contribution is -0.144. The van der Waals surface area contributed by atoms with Crippen molar-refractivity contribution in [1.29, 1.82) is 0 Å². The number of carboxylic acids is 1. The number of para-hydroxylation sites is 1. The molecule has 7 heteroatoms. The molecule has 0 radical (unpaired) electrons. The molecule has 1 amide bonds. The van der Waals surface area contributed by atoms with E-state index in [1.165, 1.54) is 18.2 Å². The summed E-state index contributed by atoms with van der Waals surface area (Å²) in [7, 11) is 0. The van der Waals surface area contributed by atoms with Gasteiger partial charge in [-0.2, -0.15) is 8.78 Å². The Morgan fingerprint density at radius 2 is 2.00 bits per heavy atom. The first kappa shape index (κ1) is 15.9. The number of carboxylic acid groups (broad SMARTS) is 1. The molecule has 20 heavy (non-hydrogen) atoms. The van der Waals surface area contributed by atoms with E-state index in [-0.39, 0.29) is 18.7 Å². The van der Waals surface area contributed by atoms with Crippen molar-refractivity contribution in [2.75, 3.05) is 13.1 Å². The lowest BCUT2D eigenvalue weighted by Gasteiger charge is -2.19. The second-order valence-corrected chi connectivity index (χ2v) is 3.96. The minimum absolute atomic E-state index is 0.0813. The summed E-state index contributed by atoms with van der Waals surface area (Å²) in [5.74, 6) is -1.67. The van der Waals surface area contributed by atoms with Crippen LogP contribution in [0.4, 0.5) is 8.78 Å². The van der Waals surface area contributed by atoms with Crippen LogP contribution in [-0.4, -0.2) is 41.6 Å². The molecular formula is C13H15F2NO4. The lowest BCUT2D eigenvalue weighted by atomic mass is 10.1. The zero-order chi connectivity index (χ0) is 15.1. The molecule has 0 fully saturated rings. The van der Waals surface area contributed by atoms with Crippen LogP contribution in [0, 0.1) is 0 Å². The van der Waals surface area contributed by atoms with Crippen molar-refractivity contribution in [3.63, 3.8) is 0 Å². The first-order chi connectivity index (χ1) is 9.43. The molecule has 0 unspecified atom stereocenters. The highest BCUT2D eigenvalue weighted by molar-refractivity contribution is 5.83. The van der Waals surface area contributed by atoms with E-state index in [0.717, 1.165) is 4.90 Å². The van der Waals surface area contributed by atoms with E-state index in [4.69, 9.17) is 5.11 Å². The van der Waals surface area contributed by atoms with E-state index in [2.05, 4.69) is 4.74 Å². The fourth-order valence-corrected chi connectivity index (χ4v) is 1.68. The standard InChI is InChI=1S/C13H15F2NO4/c1-2-16(8-12(18)19)11(17)7-9-5-3-4-6-10(9)20-13(14)15/h3-6,13H,2,7-8H2,1H3,(H,18,19). The van der Waals surface area contributed by atoms with Crippen LogP contribution >= 0.6 is 0 Å². The molecule has 0 bridgehead atoms. The third kappa shape index (κ3) is 4.83. The van der Waals surface area contributed by atoms with Gasteiger partial charge in [-0.05, 0) is 13.0 Å². The molecule has 1 aromatic rings. The van der Waals surface area contributed by atoms with Gasteiger partial charge >= 0.3 is 12.6 Å². The molecule has 0 aliphatic heterocycles. The molecule has 0 spiro atoms. The predicted octanol–water partition coefficient (Wildman–Crippen LogP) is 1.76. The number of rotatable bonds is 7. The molecule has 1 N–H and O–H groups in total. The number of ether oxygens (including phenoxy) is 1. The van der Waals surface area contributed by atoms with E-state index in [1.807, 2.05) is 0 Å². The van der Waals surface area contributed by atoms with Crippen LogP contribution < -0.4 is 4.74 Å². The normalized spacial score (nSPS) is 10.4. The Balaban J connectivity index is 2.81. The molecule has 0 atom stereocenters. The van der Waals surface area contributed by atoms with E-state index >= 15 is 0 Å². The Morgan fingerprint density at radius 1 is 1.35 bits per heavy atom. The van der Waals surface area contributed by atoms with Gasteiger partial charge < -0.3 is 14.7 Å². The zero-order valence-electron chi connectivity index (χ0n) is 10.9.